The summed E-state index contributed by atoms with van der Waals surface area (Å²) >= 11 is 1.51. The molecule has 0 radical (unpaired) electrons. The SMILES string of the molecule is Cc1cc(C)n2nc(SCc3ccon3)nc2n1. The molecule has 0 aliphatic carbocycles. The lowest BCUT2D eigenvalue weighted by Gasteiger charge is -1.97. The maximum absolute atomic E-state index is 4.77. The molecule has 0 N–H and O–H groups in total. The summed E-state index contributed by atoms with van der Waals surface area (Å²) in [5, 5.41) is 8.94. The first-order valence-electron chi connectivity index (χ1n) is 5.45. The molecular formula is C11H11N5OS. The highest BCUT2D eigenvalue weighted by Gasteiger charge is 2.08. The highest BCUT2D eigenvalue weighted by atomic mass is 32.2. The minimum Gasteiger partial charge on any atom is -0.364 e. The van der Waals surface area contributed by atoms with Gasteiger partial charge in [0.15, 0.2) is 0 Å². The van der Waals surface area contributed by atoms with Gasteiger partial charge in [0.2, 0.25) is 5.16 Å². The molecule has 0 aliphatic rings. The van der Waals surface area contributed by atoms with Crippen LogP contribution in [0.2, 0.25) is 0 Å². The van der Waals surface area contributed by atoms with Gasteiger partial charge in [0.25, 0.3) is 5.78 Å². The van der Waals surface area contributed by atoms with Gasteiger partial charge >= 0.3 is 0 Å². The van der Waals surface area contributed by atoms with E-state index in [2.05, 4.69) is 20.2 Å². The minimum absolute atomic E-state index is 0.634. The summed E-state index contributed by atoms with van der Waals surface area (Å²) in [7, 11) is 0. The molecule has 6 nitrogen and oxygen atoms in total. The second-order valence-corrected chi connectivity index (χ2v) is 4.87. The zero-order valence-electron chi connectivity index (χ0n) is 9.99. The Bertz CT molecular complexity index is 676. The van der Waals surface area contributed by atoms with Gasteiger partial charge in [0, 0.05) is 23.2 Å². The van der Waals surface area contributed by atoms with Gasteiger partial charge in [-0.05, 0) is 19.9 Å². The van der Waals surface area contributed by atoms with Crippen molar-refractivity contribution in [2.24, 2.45) is 0 Å². The average molecular weight is 261 g/mol. The Balaban J connectivity index is 1.87. The molecule has 0 spiro atoms. The molecule has 0 saturated carbocycles. The number of nitrogens with zero attached hydrogens (tertiary/aromatic N) is 5. The van der Waals surface area contributed by atoms with E-state index in [-0.39, 0.29) is 0 Å². The Morgan fingerprint density at radius 3 is 3.00 bits per heavy atom. The van der Waals surface area contributed by atoms with Crippen molar-refractivity contribution in [3.8, 4) is 0 Å². The van der Waals surface area contributed by atoms with Crippen LogP contribution in [0, 0.1) is 13.8 Å². The van der Waals surface area contributed by atoms with Gasteiger partial charge in [-0.15, -0.1) is 5.10 Å². The molecule has 3 heterocycles. The van der Waals surface area contributed by atoms with E-state index in [0.717, 1.165) is 17.1 Å². The first kappa shape index (κ1) is 11.2. The molecule has 0 aromatic carbocycles. The Morgan fingerprint density at radius 2 is 2.22 bits per heavy atom. The number of rotatable bonds is 3. The van der Waals surface area contributed by atoms with Crippen LogP contribution >= 0.6 is 11.8 Å². The fourth-order valence-corrected chi connectivity index (χ4v) is 2.37. The van der Waals surface area contributed by atoms with Crippen LogP contribution in [0.15, 0.2) is 28.1 Å². The van der Waals surface area contributed by atoms with Crippen LogP contribution in [0.5, 0.6) is 0 Å². The van der Waals surface area contributed by atoms with E-state index in [0.29, 0.717) is 16.7 Å². The Morgan fingerprint density at radius 1 is 1.33 bits per heavy atom. The molecule has 0 saturated heterocycles. The lowest BCUT2D eigenvalue weighted by atomic mass is 10.4. The Hall–Kier alpha value is -1.89. The van der Waals surface area contributed by atoms with Crippen molar-refractivity contribution < 1.29 is 4.52 Å². The van der Waals surface area contributed by atoms with Crippen LogP contribution in [-0.4, -0.2) is 24.7 Å². The first-order valence-corrected chi connectivity index (χ1v) is 6.44. The summed E-state index contributed by atoms with van der Waals surface area (Å²) in [5.74, 6) is 1.32. The number of aryl methyl sites for hydroxylation is 2. The third-order valence-corrected chi connectivity index (χ3v) is 3.31. The van der Waals surface area contributed by atoms with Crippen LogP contribution in [-0.2, 0) is 5.75 Å². The third kappa shape index (κ3) is 2.08. The number of thioether (sulfide) groups is 1. The fraction of sp³-hybridized carbons (Fsp3) is 0.273. The van der Waals surface area contributed by atoms with Crippen molar-refractivity contribution >= 4 is 17.5 Å². The molecule has 92 valence electrons. The van der Waals surface area contributed by atoms with Gasteiger partial charge < -0.3 is 4.52 Å². The number of fused-ring (bicyclic) bond motifs is 1. The van der Waals surface area contributed by atoms with Gasteiger partial charge in [-0.25, -0.2) is 9.50 Å². The third-order valence-electron chi connectivity index (χ3n) is 2.44. The molecule has 0 unspecified atom stereocenters. The van der Waals surface area contributed by atoms with E-state index < -0.39 is 0 Å². The summed E-state index contributed by atoms with van der Waals surface area (Å²) in [4.78, 5) is 8.72. The standard InChI is InChI=1S/C11H11N5OS/c1-7-5-8(2)16-10(12-7)13-11(14-16)18-6-9-3-4-17-15-9/h3-5H,6H2,1-2H3. The molecule has 0 fully saturated rings. The summed E-state index contributed by atoms with van der Waals surface area (Å²) in [5.41, 5.74) is 2.85. The van der Waals surface area contributed by atoms with Crippen LogP contribution in [0.1, 0.15) is 17.1 Å². The smallest absolute Gasteiger partial charge is 0.253 e. The normalized spacial score (nSPS) is 11.2. The van der Waals surface area contributed by atoms with Gasteiger partial charge in [0.1, 0.15) is 6.26 Å². The van der Waals surface area contributed by atoms with E-state index in [1.165, 1.54) is 11.8 Å². The highest BCUT2D eigenvalue weighted by Crippen LogP contribution is 2.19. The molecule has 3 aromatic rings. The lowest BCUT2D eigenvalue weighted by Crippen LogP contribution is -1.97. The maximum Gasteiger partial charge on any atom is 0.253 e. The van der Waals surface area contributed by atoms with Gasteiger partial charge in [-0.3, -0.25) is 0 Å². The van der Waals surface area contributed by atoms with E-state index in [9.17, 15) is 0 Å². The average Bonchev–Trinajstić information content (AvgIpc) is 2.93. The van der Waals surface area contributed by atoms with Crippen molar-refractivity contribution in [1.82, 2.24) is 24.7 Å². The van der Waals surface area contributed by atoms with Crippen molar-refractivity contribution in [1.29, 1.82) is 0 Å². The second-order valence-electron chi connectivity index (χ2n) is 3.92. The largest absolute Gasteiger partial charge is 0.364 e. The number of hydrogen-bond acceptors (Lipinski definition) is 6. The highest BCUT2D eigenvalue weighted by molar-refractivity contribution is 7.98. The van der Waals surface area contributed by atoms with E-state index in [1.807, 2.05) is 26.0 Å². The molecule has 3 rings (SSSR count). The molecule has 0 bridgehead atoms. The van der Waals surface area contributed by atoms with Crippen LogP contribution in [0.25, 0.3) is 5.78 Å². The minimum atomic E-state index is 0.634. The maximum atomic E-state index is 4.77. The van der Waals surface area contributed by atoms with Crippen molar-refractivity contribution in [3.05, 3.63) is 35.5 Å². The van der Waals surface area contributed by atoms with Crippen LogP contribution in [0.4, 0.5) is 0 Å². The van der Waals surface area contributed by atoms with E-state index >= 15 is 0 Å². The molecular weight excluding hydrogens is 250 g/mol. The van der Waals surface area contributed by atoms with E-state index in [1.54, 1.807) is 10.8 Å². The predicted octanol–water partition coefficient (Wildman–Crippen LogP) is 2.02. The van der Waals surface area contributed by atoms with Crippen molar-refractivity contribution in [2.75, 3.05) is 0 Å². The second kappa shape index (κ2) is 4.41. The quantitative estimate of drug-likeness (QED) is 0.672. The topological polar surface area (TPSA) is 69.1 Å². The molecule has 7 heteroatoms. The molecule has 0 atom stereocenters. The van der Waals surface area contributed by atoms with E-state index in [4.69, 9.17) is 4.52 Å². The molecule has 3 aromatic heterocycles. The summed E-state index contributed by atoms with van der Waals surface area (Å²) in [6, 6.07) is 3.81. The zero-order valence-corrected chi connectivity index (χ0v) is 10.8. The first-order chi connectivity index (χ1) is 8.72. The summed E-state index contributed by atoms with van der Waals surface area (Å²) < 4.78 is 6.52. The van der Waals surface area contributed by atoms with Crippen molar-refractivity contribution in [3.63, 3.8) is 0 Å². The predicted molar refractivity (Wildman–Crippen MR) is 66.3 cm³/mol. The fourth-order valence-electron chi connectivity index (χ4n) is 1.66. The molecule has 0 amide bonds. The molecule has 0 aliphatic heterocycles. The van der Waals surface area contributed by atoms with Crippen molar-refractivity contribution in [2.45, 2.75) is 24.8 Å². The summed E-state index contributed by atoms with van der Waals surface area (Å²) in [6.07, 6.45) is 1.56. The van der Waals surface area contributed by atoms with Gasteiger partial charge in [-0.2, -0.15) is 4.98 Å². The Kier molecular flexibility index (Phi) is 2.75. The molecule has 18 heavy (non-hydrogen) atoms. The number of aromatic nitrogens is 5. The van der Waals surface area contributed by atoms with Crippen LogP contribution < -0.4 is 0 Å². The monoisotopic (exact) mass is 261 g/mol. The van der Waals surface area contributed by atoms with Gasteiger partial charge in [-0.1, -0.05) is 16.9 Å². The Labute approximate surface area is 107 Å². The zero-order chi connectivity index (χ0) is 12.5. The van der Waals surface area contributed by atoms with Gasteiger partial charge in [0.05, 0.1) is 5.69 Å². The summed E-state index contributed by atoms with van der Waals surface area (Å²) in [6.45, 7) is 3.94. The number of hydrogen-bond donors (Lipinski definition) is 0. The lowest BCUT2D eigenvalue weighted by molar-refractivity contribution is 0.414. The van der Waals surface area contributed by atoms with Crippen LogP contribution in [0.3, 0.4) is 0 Å².